The lowest BCUT2D eigenvalue weighted by Gasteiger charge is -2.26. The van der Waals surface area contributed by atoms with Gasteiger partial charge in [-0.05, 0) is 147 Å². The molecule has 0 fully saturated rings. The van der Waals surface area contributed by atoms with Crippen LogP contribution < -0.4 is 9.80 Å². The van der Waals surface area contributed by atoms with Gasteiger partial charge in [-0.25, -0.2) is 0 Å². The maximum absolute atomic E-state index is 2.33. The van der Waals surface area contributed by atoms with Crippen LogP contribution in [-0.2, 0) is 0 Å². The normalized spacial score (nSPS) is 11.1. The Morgan fingerprint density at radius 3 is 0.769 bits per heavy atom. The molecule has 0 aliphatic rings. The number of aryl methyl sites for hydroxylation is 4. The highest BCUT2D eigenvalue weighted by Crippen LogP contribution is 2.40. The van der Waals surface area contributed by atoms with Crippen LogP contribution in [0.4, 0.5) is 34.1 Å². The lowest BCUT2D eigenvalue weighted by atomic mass is 10.0. The molecule has 0 unspecified atom stereocenters. The third kappa shape index (κ3) is 7.09. The molecule has 8 aromatic rings. The van der Waals surface area contributed by atoms with Gasteiger partial charge in [0.1, 0.15) is 0 Å². The molecule has 6 aromatic carbocycles. The fourth-order valence-electron chi connectivity index (χ4n) is 6.62. The molecule has 0 bridgehead atoms. The average molecular weight is 709 g/mol. The number of thiophene rings is 2. The van der Waals surface area contributed by atoms with Gasteiger partial charge in [-0.15, -0.1) is 22.7 Å². The fraction of sp³-hybridized carbons (Fsp3) is 0.0833. The van der Waals surface area contributed by atoms with Crippen LogP contribution in [-0.4, -0.2) is 0 Å². The molecule has 2 nitrogen and oxygen atoms in total. The maximum Gasteiger partial charge on any atom is 0.0462 e. The van der Waals surface area contributed by atoms with E-state index in [0.717, 1.165) is 34.1 Å². The van der Waals surface area contributed by atoms with Crippen LogP contribution in [0.2, 0.25) is 0 Å². The molecule has 0 spiro atoms. The van der Waals surface area contributed by atoms with Gasteiger partial charge in [0, 0.05) is 53.6 Å². The molecule has 0 N–H and O–H groups in total. The average Bonchev–Trinajstić information content (AvgIpc) is 3.82. The first-order chi connectivity index (χ1) is 25.4. The third-order valence-corrected chi connectivity index (χ3v) is 11.6. The van der Waals surface area contributed by atoms with Crippen molar-refractivity contribution in [2.45, 2.75) is 27.7 Å². The number of hydrogen-bond acceptors (Lipinski definition) is 4. The molecular weight excluding hydrogens is 669 g/mol. The first kappa shape index (κ1) is 33.5. The fourth-order valence-corrected chi connectivity index (χ4v) is 8.36. The van der Waals surface area contributed by atoms with Gasteiger partial charge < -0.3 is 9.80 Å². The van der Waals surface area contributed by atoms with Crippen molar-refractivity contribution >= 4 is 56.8 Å². The molecule has 0 aliphatic carbocycles. The molecular formula is C48H40N2S2. The molecule has 0 amide bonds. The minimum absolute atomic E-state index is 1.12. The van der Waals surface area contributed by atoms with E-state index in [1.807, 2.05) is 22.7 Å². The third-order valence-electron chi connectivity index (χ3n) is 9.47. The first-order valence-electron chi connectivity index (χ1n) is 17.7. The van der Waals surface area contributed by atoms with Gasteiger partial charge in [0.05, 0.1) is 0 Å². The lowest BCUT2D eigenvalue weighted by molar-refractivity contribution is 1.27. The van der Waals surface area contributed by atoms with E-state index < -0.39 is 0 Å². The molecule has 254 valence electrons. The molecule has 0 atom stereocenters. The Morgan fingerprint density at radius 1 is 0.269 bits per heavy atom. The molecule has 0 radical (unpaired) electrons. The van der Waals surface area contributed by atoms with E-state index in [9.17, 15) is 0 Å². The Kier molecular flexibility index (Phi) is 9.34. The Balaban J connectivity index is 1.08. The van der Waals surface area contributed by atoms with Crippen molar-refractivity contribution in [1.82, 2.24) is 0 Å². The zero-order valence-corrected chi connectivity index (χ0v) is 31.5. The van der Waals surface area contributed by atoms with Crippen molar-refractivity contribution in [3.05, 3.63) is 191 Å². The monoisotopic (exact) mass is 708 g/mol. The highest BCUT2D eigenvalue weighted by Gasteiger charge is 2.16. The Labute approximate surface area is 315 Å². The highest BCUT2D eigenvalue weighted by molar-refractivity contribution is 7.15. The van der Waals surface area contributed by atoms with E-state index in [1.165, 1.54) is 52.9 Å². The van der Waals surface area contributed by atoms with Crippen LogP contribution in [0.15, 0.2) is 170 Å². The maximum atomic E-state index is 2.33. The van der Waals surface area contributed by atoms with Crippen LogP contribution >= 0.6 is 22.7 Å². The second-order valence-electron chi connectivity index (χ2n) is 13.4. The summed E-state index contributed by atoms with van der Waals surface area (Å²) in [5, 5.41) is 0. The number of nitrogens with zero attached hydrogens (tertiary/aromatic N) is 2. The van der Waals surface area contributed by atoms with Gasteiger partial charge in [0.25, 0.3) is 0 Å². The minimum atomic E-state index is 1.12. The predicted octanol–water partition coefficient (Wildman–Crippen LogP) is 15.0. The van der Waals surface area contributed by atoms with Crippen LogP contribution in [0.25, 0.3) is 32.0 Å². The number of rotatable bonds is 9. The zero-order chi connectivity index (χ0) is 35.6. The van der Waals surface area contributed by atoms with Gasteiger partial charge in [-0.1, -0.05) is 83.9 Å². The van der Waals surface area contributed by atoms with E-state index in [-0.39, 0.29) is 0 Å². The molecule has 2 heterocycles. The summed E-state index contributed by atoms with van der Waals surface area (Å²) in [6, 6.07) is 62.0. The van der Waals surface area contributed by atoms with Crippen molar-refractivity contribution in [2.24, 2.45) is 0 Å². The summed E-state index contributed by atoms with van der Waals surface area (Å²) in [7, 11) is 0. The van der Waals surface area contributed by atoms with Gasteiger partial charge in [0.15, 0.2) is 0 Å². The molecule has 0 aliphatic heterocycles. The summed E-state index contributed by atoms with van der Waals surface area (Å²) in [4.78, 5) is 9.91. The Bertz CT molecular complexity index is 2220. The van der Waals surface area contributed by atoms with Crippen LogP contribution in [0.3, 0.4) is 0 Å². The predicted molar refractivity (Wildman–Crippen MR) is 227 cm³/mol. The second-order valence-corrected chi connectivity index (χ2v) is 15.9. The first-order valence-corrected chi connectivity index (χ1v) is 19.3. The number of hydrogen-bond donors (Lipinski definition) is 0. The highest BCUT2D eigenvalue weighted by atomic mass is 32.1. The summed E-state index contributed by atoms with van der Waals surface area (Å²) in [6.45, 7) is 8.59. The van der Waals surface area contributed by atoms with Gasteiger partial charge in [-0.3, -0.25) is 0 Å². The van der Waals surface area contributed by atoms with Crippen molar-refractivity contribution in [3.63, 3.8) is 0 Å². The van der Waals surface area contributed by atoms with E-state index in [4.69, 9.17) is 0 Å². The topological polar surface area (TPSA) is 6.48 Å². The Morgan fingerprint density at radius 2 is 0.519 bits per heavy atom. The van der Waals surface area contributed by atoms with Crippen molar-refractivity contribution in [3.8, 4) is 32.0 Å². The van der Waals surface area contributed by atoms with E-state index in [0.29, 0.717) is 0 Å². The van der Waals surface area contributed by atoms with Crippen molar-refractivity contribution in [2.75, 3.05) is 9.80 Å². The van der Waals surface area contributed by atoms with E-state index in [1.54, 1.807) is 0 Å². The molecule has 2 aromatic heterocycles. The van der Waals surface area contributed by atoms with Crippen LogP contribution in [0, 0.1) is 27.7 Å². The number of anilines is 6. The van der Waals surface area contributed by atoms with Crippen LogP contribution in [0.1, 0.15) is 20.9 Å². The Hall–Kier alpha value is -5.68. The van der Waals surface area contributed by atoms with Crippen molar-refractivity contribution in [1.29, 1.82) is 0 Å². The molecule has 52 heavy (non-hydrogen) atoms. The second kappa shape index (κ2) is 14.5. The van der Waals surface area contributed by atoms with Gasteiger partial charge in [0.2, 0.25) is 0 Å². The van der Waals surface area contributed by atoms with Crippen LogP contribution in [0.5, 0.6) is 0 Å². The lowest BCUT2D eigenvalue weighted by Crippen LogP contribution is -2.10. The molecule has 8 rings (SSSR count). The minimum Gasteiger partial charge on any atom is -0.311 e. The molecule has 0 saturated heterocycles. The summed E-state index contributed by atoms with van der Waals surface area (Å²) < 4.78 is 0. The zero-order valence-electron chi connectivity index (χ0n) is 29.9. The quantitative estimate of drug-likeness (QED) is 0.147. The number of benzene rings is 6. The summed E-state index contributed by atoms with van der Waals surface area (Å²) >= 11 is 3.67. The smallest absolute Gasteiger partial charge is 0.0462 e. The molecule has 0 saturated carbocycles. The standard InChI is InChI=1S/C48H40N2S2/c1-33-5-19-41(20-6-33)49(45-27-15-39(16-28-45)47-31-9-35(3)51-47)43-23-11-37(12-24-43)38-13-25-44(26-14-38)50(42-21-7-34(2)8-22-42)46-29-17-40(18-30-46)48-32-10-36(4)52-48/h5-32H,1-4H3. The van der Waals surface area contributed by atoms with E-state index >= 15 is 0 Å². The summed E-state index contributed by atoms with van der Waals surface area (Å²) in [5.41, 5.74) is 14.1. The van der Waals surface area contributed by atoms with Gasteiger partial charge >= 0.3 is 0 Å². The summed E-state index contributed by atoms with van der Waals surface area (Å²) in [6.07, 6.45) is 0. The largest absolute Gasteiger partial charge is 0.311 e. The SMILES string of the molecule is Cc1ccc(N(c2ccc(-c3ccc(N(c4ccc(C)cc4)c4ccc(-c5ccc(C)s5)cc4)cc3)cc2)c2ccc(-c3ccc(C)s3)cc2)cc1. The molecule has 4 heteroatoms. The van der Waals surface area contributed by atoms with Crippen molar-refractivity contribution < 1.29 is 0 Å². The van der Waals surface area contributed by atoms with Gasteiger partial charge in [-0.2, -0.15) is 0 Å². The van der Waals surface area contributed by atoms with E-state index in [2.05, 4.69) is 207 Å². The summed E-state index contributed by atoms with van der Waals surface area (Å²) in [5.74, 6) is 0.